The molecule has 1 aliphatic heterocycles. The molecular formula is C25H33ClN4O4S2Si. The van der Waals surface area contributed by atoms with E-state index in [0.29, 0.717) is 10.9 Å². The summed E-state index contributed by atoms with van der Waals surface area (Å²) in [6.07, 6.45) is 5.00. The summed E-state index contributed by atoms with van der Waals surface area (Å²) in [4.78, 5) is 23.4. The molecule has 3 aromatic heterocycles. The first-order valence-electron chi connectivity index (χ1n) is 12.0. The van der Waals surface area contributed by atoms with Crippen molar-refractivity contribution in [3.63, 3.8) is 0 Å². The van der Waals surface area contributed by atoms with Crippen LogP contribution in [0.4, 0.5) is 0 Å². The lowest BCUT2D eigenvalue weighted by Gasteiger charge is -2.43. The van der Waals surface area contributed by atoms with E-state index in [4.69, 9.17) is 16.0 Å². The normalized spacial score (nSPS) is 18.4. The lowest BCUT2D eigenvalue weighted by Crippen LogP contribution is -2.59. The number of thiophene rings is 1. The molecule has 37 heavy (non-hydrogen) atoms. The van der Waals surface area contributed by atoms with Crippen molar-refractivity contribution in [1.82, 2.24) is 19.2 Å². The molecule has 1 saturated heterocycles. The van der Waals surface area contributed by atoms with E-state index in [1.54, 1.807) is 29.4 Å². The highest BCUT2D eigenvalue weighted by Crippen LogP contribution is 2.37. The second-order valence-corrected chi connectivity index (χ2v) is 19.2. The van der Waals surface area contributed by atoms with Crippen LogP contribution in [0.5, 0.6) is 0 Å². The molecule has 1 amide bonds. The Bertz CT molecular complexity index is 1380. The number of nitrogens with one attached hydrogen (secondary N) is 1. The highest BCUT2D eigenvalue weighted by Gasteiger charge is 2.41. The average molecular weight is 581 g/mol. The summed E-state index contributed by atoms with van der Waals surface area (Å²) in [5.41, 5.74) is 1.80. The van der Waals surface area contributed by atoms with Crippen LogP contribution in [0.3, 0.4) is 0 Å². The molecule has 0 aliphatic carbocycles. The minimum absolute atomic E-state index is 0.0167. The van der Waals surface area contributed by atoms with Crippen molar-refractivity contribution in [2.45, 2.75) is 51.5 Å². The van der Waals surface area contributed by atoms with Gasteiger partial charge < -0.3 is 14.3 Å². The predicted molar refractivity (Wildman–Crippen MR) is 152 cm³/mol. The number of aromatic nitrogens is 2. The maximum atomic E-state index is 13.4. The van der Waals surface area contributed by atoms with E-state index in [0.717, 1.165) is 26.9 Å². The first-order valence-corrected chi connectivity index (χ1v) is 17.6. The summed E-state index contributed by atoms with van der Waals surface area (Å²) in [7, 11) is -5.96. The van der Waals surface area contributed by atoms with E-state index in [-0.39, 0.29) is 30.6 Å². The first-order chi connectivity index (χ1) is 17.2. The number of hydrogen-bond donors (Lipinski definition) is 1. The van der Waals surface area contributed by atoms with Crippen LogP contribution in [-0.4, -0.2) is 67.6 Å². The average Bonchev–Trinajstić information content (AvgIpc) is 3.42. The lowest BCUT2D eigenvalue weighted by molar-refractivity contribution is -0.139. The fourth-order valence-corrected chi connectivity index (χ4v) is 7.13. The number of amides is 1. The molecule has 4 rings (SSSR count). The summed E-state index contributed by atoms with van der Waals surface area (Å²) in [5, 5.41) is 2.09. The van der Waals surface area contributed by atoms with Gasteiger partial charge >= 0.3 is 0 Å². The third kappa shape index (κ3) is 6.52. The number of halogens is 1. The van der Waals surface area contributed by atoms with Crippen molar-refractivity contribution in [1.29, 1.82) is 0 Å². The number of sulfonamides is 1. The number of nitrogens with zero attached hydrogens (tertiary/aromatic N) is 3. The number of carbonyl (C=O) groups is 1. The van der Waals surface area contributed by atoms with Gasteiger partial charge in [0.15, 0.2) is 8.32 Å². The smallest absolute Gasteiger partial charge is 0.238 e. The van der Waals surface area contributed by atoms with Gasteiger partial charge in [0.1, 0.15) is 0 Å². The number of rotatable bonds is 8. The van der Waals surface area contributed by atoms with Crippen LogP contribution in [0.25, 0.3) is 17.0 Å². The molecule has 1 N–H and O–H groups in total. The monoisotopic (exact) mass is 580 g/mol. The molecule has 0 bridgehead atoms. The number of pyridine rings is 1. The van der Waals surface area contributed by atoms with Crippen molar-refractivity contribution in [3.05, 3.63) is 57.0 Å². The SMILES string of the molecule is CC(C)(C)[Si](C)(C)OC[C@H]1CN(S(=O)(=O)C=Cc2ccc(Cl)s2)CC(=O)N1Cc1cc2cnccc2[nH]1. The first kappa shape index (κ1) is 28.0. The fraction of sp³-hybridized carbons (Fsp3) is 0.440. The molecule has 1 atom stereocenters. The van der Waals surface area contributed by atoms with Crippen LogP contribution in [0.2, 0.25) is 22.5 Å². The fourth-order valence-electron chi connectivity index (χ4n) is 3.88. The van der Waals surface area contributed by atoms with Gasteiger partial charge in [-0.25, -0.2) is 8.42 Å². The van der Waals surface area contributed by atoms with Crippen LogP contribution >= 0.6 is 22.9 Å². The molecule has 3 aromatic rings. The van der Waals surface area contributed by atoms with Crippen molar-refractivity contribution < 1.29 is 17.6 Å². The Morgan fingerprint density at radius 2 is 2.05 bits per heavy atom. The molecule has 0 spiro atoms. The minimum Gasteiger partial charge on any atom is -0.415 e. The van der Waals surface area contributed by atoms with E-state index in [2.05, 4.69) is 43.8 Å². The quantitative estimate of drug-likeness (QED) is 0.364. The zero-order chi connectivity index (χ0) is 27.0. The summed E-state index contributed by atoms with van der Waals surface area (Å²) in [6.45, 7) is 11.3. The van der Waals surface area contributed by atoms with E-state index in [1.165, 1.54) is 21.7 Å². The lowest BCUT2D eigenvalue weighted by atomic mass is 10.2. The standard InChI is InChI=1S/C25H33ClN4O4S2Si/c1-25(2,3)37(4,5)34-17-20-15-29(36(32,33)11-9-21-6-7-23(26)35-21)16-24(31)30(20)14-19-12-18-13-27-10-8-22(18)28-19/h6-13,20,28H,14-17H2,1-5H3/t20-/m1/s1. The number of H-pyrrole nitrogens is 1. The zero-order valence-corrected chi connectivity index (χ0v) is 25.1. The second kappa shape index (κ2) is 10.6. The van der Waals surface area contributed by atoms with Gasteiger partial charge in [-0.15, -0.1) is 11.3 Å². The van der Waals surface area contributed by atoms with E-state index < -0.39 is 24.4 Å². The molecule has 0 radical (unpaired) electrons. The maximum Gasteiger partial charge on any atom is 0.238 e. The Labute approximate surface area is 228 Å². The molecule has 200 valence electrons. The van der Waals surface area contributed by atoms with Gasteiger partial charge in [0.05, 0.1) is 30.1 Å². The van der Waals surface area contributed by atoms with Gasteiger partial charge in [-0.05, 0) is 48.5 Å². The van der Waals surface area contributed by atoms with Crippen molar-refractivity contribution in [2.24, 2.45) is 0 Å². The van der Waals surface area contributed by atoms with Gasteiger partial charge in [0, 0.05) is 45.8 Å². The number of piperazine rings is 1. The summed E-state index contributed by atoms with van der Waals surface area (Å²) in [6, 6.07) is 6.90. The number of hydrogen-bond acceptors (Lipinski definition) is 6. The highest BCUT2D eigenvalue weighted by atomic mass is 35.5. The van der Waals surface area contributed by atoms with Crippen LogP contribution in [0.1, 0.15) is 31.3 Å². The summed E-state index contributed by atoms with van der Waals surface area (Å²) in [5.74, 6) is -0.261. The van der Waals surface area contributed by atoms with Gasteiger partial charge in [0.25, 0.3) is 0 Å². The Morgan fingerprint density at radius 1 is 1.30 bits per heavy atom. The van der Waals surface area contributed by atoms with Crippen LogP contribution in [-0.2, 0) is 25.8 Å². The molecule has 4 heterocycles. The zero-order valence-electron chi connectivity index (χ0n) is 21.7. The molecule has 0 saturated carbocycles. The van der Waals surface area contributed by atoms with Gasteiger partial charge in [-0.1, -0.05) is 32.4 Å². The molecule has 0 unspecified atom stereocenters. The van der Waals surface area contributed by atoms with Crippen LogP contribution < -0.4 is 0 Å². The molecule has 1 fully saturated rings. The van der Waals surface area contributed by atoms with Gasteiger partial charge in [-0.2, -0.15) is 4.31 Å². The molecular weight excluding hydrogens is 548 g/mol. The Hall–Kier alpha value is -2.02. The molecule has 1 aliphatic rings. The van der Waals surface area contributed by atoms with E-state index in [1.807, 2.05) is 12.1 Å². The third-order valence-electron chi connectivity index (χ3n) is 7.11. The van der Waals surface area contributed by atoms with E-state index >= 15 is 0 Å². The second-order valence-electron chi connectivity index (χ2n) is 10.8. The van der Waals surface area contributed by atoms with Gasteiger partial charge in [0.2, 0.25) is 15.9 Å². The third-order valence-corrected chi connectivity index (χ3v) is 14.3. The number of carbonyl (C=O) groups excluding carboxylic acids is 1. The molecule has 12 heteroatoms. The van der Waals surface area contributed by atoms with E-state index in [9.17, 15) is 13.2 Å². The number of fused-ring (bicyclic) bond motifs is 1. The Kier molecular flexibility index (Phi) is 8.04. The molecule has 0 aromatic carbocycles. The Balaban J connectivity index is 1.58. The largest absolute Gasteiger partial charge is 0.415 e. The molecule has 8 nitrogen and oxygen atoms in total. The number of aromatic amines is 1. The van der Waals surface area contributed by atoms with Crippen molar-refractivity contribution in [2.75, 3.05) is 19.7 Å². The maximum absolute atomic E-state index is 13.4. The van der Waals surface area contributed by atoms with Crippen molar-refractivity contribution in [3.8, 4) is 0 Å². The predicted octanol–water partition coefficient (Wildman–Crippen LogP) is 5.31. The van der Waals surface area contributed by atoms with Crippen molar-refractivity contribution >= 4 is 64.2 Å². The highest BCUT2D eigenvalue weighted by molar-refractivity contribution is 7.92. The van der Waals surface area contributed by atoms with Crippen LogP contribution in [0.15, 0.2) is 42.1 Å². The topological polar surface area (TPSA) is 95.6 Å². The summed E-state index contributed by atoms with van der Waals surface area (Å²) >= 11 is 7.26. The Morgan fingerprint density at radius 3 is 2.70 bits per heavy atom. The summed E-state index contributed by atoms with van der Waals surface area (Å²) < 4.78 is 34.7. The van der Waals surface area contributed by atoms with Crippen LogP contribution in [0, 0.1) is 0 Å². The van der Waals surface area contributed by atoms with Gasteiger partial charge in [-0.3, -0.25) is 9.78 Å². The minimum atomic E-state index is -3.83.